The van der Waals surface area contributed by atoms with Gasteiger partial charge in [0.2, 0.25) is 0 Å². The quantitative estimate of drug-likeness (QED) is 0.742. The largest absolute Gasteiger partial charge is 0.294 e. The molecule has 1 aromatic carbocycles. The van der Waals surface area contributed by atoms with E-state index in [1.165, 1.54) is 6.42 Å². The first kappa shape index (κ1) is 10.2. The van der Waals surface area contributed by atoms with Crippen LogP contribution in [0.3, 0.4) is 0 Å². The number of rotatable bonds is 2. The molecule has 0 N–H and O–H groups in total. The highest BCUT2D eigenvalue weighted by atomic mass is 79.9. The molecule has 0 heterocycles. The fourth-order valence-electron chi connectivity index (χ4n) is 1.58. The summed E-state index contributed by atoms with van der Waals surface area (Å²) in [6.45, 7) is 0. The van der Waals surface area contributed by atoms with Gasteiger partial charge < -0.3 is 0 Å². The summed E-state index contributed by atoms with van der Waals surface area (Å²) in [5, 5.41) is 0.560. The van der Waals surface area contributed by atoms with Crippen molar-refractivity contribution in [2.45, 2.75) is 19.3 Å². The Morgan fingerprint density at radius 3 is 2.71 bits per heavy atom. The maximum atomic E-state index is 11.9. The number of hydrogen-bond donors (Lipinski definition) is 0. The molecule has 0 aliphatic heterocycles. The Bertz CT molecular complexity index is 372. The Morgan fingerprint density at radius 2 is 2.14 bits per heavy atom. The number of carbonyl (C=O) groups is 1. The number of hydrogen-bond acceptors (Lipinski definition) is 1. The zero-order chi connectivity index (χ0) is 10.1. The van der Waals surface area contributed by atoms with Gasteiger partial charge in [0.05, 0.1) is 5.02 Å². The molecule has 14 heavy (non-hydrogen) atoms. The summed E-state index contributed by atoms with van der Waals surface area (Å²) in [7, 11) is 0. The first-order valence-electron chi connectivity index (χ1n) is 4.68. The molecule has 1 aliphatic carbocycles. The van der Waals surface area contributed by atoms with Crippen LogP contribution in [0, 0.1) is 5.92 Å². The second kappa shape index (κ2) is 4.03. The maximum absolute atomic E-state index is 11.9. The third kappa shape index (κ3) is 1.86. The summed E-state index contributed by atoms with van der Waals surface area (Å²) < 4.78 is 0.907. The lowest BCUT2D eigenvalue weighted by atomic mass is 9.80. The molecule has 2 rings (SSSR count). The predicted molar refractivity (Wildman–Crippen MR) is 60.8 cm³/mol. The molecule has 0 atom stereocenters. The van der Waals surface area contributed by atoms with Crippen LogP contribution >= 0.6 is 27.5 Å². The van der Waals surface area contributed by atoms with Crippen molar-refractivity contribution in [3.05, 3.63) is 33.3 Å². The second-order valence-corrected chi connectivity index (χ2v) is 4.94. The molecular weight excluding hydrogens is 263 g/mol. The highest BCUT2D eigenvalue weighted by molar-refractivity contribution is 9.10. The second-order valence-electron chi connectivity index (χ2n) is 3.62. The average molecular weight is 274 g/mol. The topological polar surface area (TPSA) is 17.1 Å². The third-order valence-corrected chi connectivity index (χ3v) is 3.49. The van der Waals surface area contributed by atoms with Crippen molar-refractivity contribution in [3.63, 3.8) is 0 Å². The number of carbonyl (C=O) groups excluding carboxylic acids is 1. The van der Waals surface area contributed by atoms with E-state index in [1.54, 1.807) is 6.07 Å². The third-order valence-electron chi connectivity index (χ3n) is 2.67. The predicted octanol–water partition coefficient (Wildman–Crippen LogP) is 4.09. The fraction of sp³-hybridized carbons (Fsp3) is 0.364. The normalized spacial score (nSPS) is 16.4. The maximum Gasteiger partial charge on any atom is 0.167 e. The van der Waals surface area contributed by atoms with Crippen molar-refractivity contribution in [2.75, 3.05) is 0 Å². The molecule has 0 radical (unpaired) electrons. The van der Waals surface area contributed by atoms with E-state index in [1.807, 2.05) is 12.1 Å². The molecular formula is C11H10BrClO. The van der Waals surface area contributed by atoms with E-state index >= 15 is 0 Å². The molecule has 1 aliphatic rings. The molecule has 0 bridgehead atoms. The van der Waals surface area contributed by atoms with Crippen molar-refractivity contribution >= 4 is 33.3 Å². The minimum Gasteiger partial charge on any atom is -0.294 e. The van der Waals surface area contributed by atoms with E-state index < -0.39 is 0 Å². The number of Topliss-reactive ketones (excluding diaryl/α,β-unsaturated/α-hetero) is 1. The molecule has 0 saturated heterocycles. The number of halogens is 2. The van der Waals surface area contributed by atoms with Gasteiger partial charge in [-0.1, -0.05) is 34.0 Å². The molecule has 0 spiro atoms. The molecule has 1 aromatic rings. The van der Waals surface area contributed by atoms with E-state index in [2.05, 4.69) is 15.9 Å². The number of ketones is 1. The fourth-order valence-corrected chi connectivity index (χ4v) is 2.15. The molecule has 1 fully saturated rings. The van der Waals surface area contributed by atoms with Crippen LogP contribution in [0.15, 0.2) is 22.7 Å². The van der Waals surface area contributed by atoms with Crippen LogP contribution in [0.25, 0.3) is 0 Å². The van der Waals surface area contributed by atoms with Gasteiger partial charge in [-0.25, -0.2) is 0 Å². The Balaban J connectivity index is 2.29. The summed E-state index contributed by atoms with van der Waals surface area (Å²) >= 11 is 9.32. The molecule has 0 amide bonds. The van der Waals surface area contributed by atoms with Crippen LogP contribution in [0.2, 0.25) is 5.02 Å². The van der Waals surface area contributed by atoms with Gasteiger partial charge in [0.15, 0.2) is 5.78 Å². The van der Waals surface area contributed by atoms with Gasteiger partial charge in [-0.2, -0.15) is 0 Å². The average Bonchev–Trinajstić information content (AvgIpc) is 2.06. The van der Waals surface area contributed by atoms with Gasteiger partial charge in [-0.15, -0.1) is 0 Å². The highest BCUT2D eigenvalue weighted by Gasteiger charge is 2.27. The van der Waals surface area contributed by atoms with Gasteiger partial charge in [0.25, 0.3) is 0 Å². The minimum absolute atomic E-state index is 0.197. The monoisotopic (exact) mass is 272 g/mol. The van der Waals surface area contributed by atoms with E-state index in [-0.39, 0.29) is 11.7 Å². The molecule has 0 aromatic heterocycles. The molecule has 3 heteroatoms. The van der Waals surface area contributed by atoms with Crippen molar-refractivity contribution < 1.29 is 4.79 Å². The van der Waals surface area contributed by atoms with Crippen molar-refractivity contribution in [1.82, 2.24) is 0 Å². The lowest BCUT2D eigenvalue weighted by Crippen LogP contribution is -2.22. The Hall–Kier alpha value is -0.340. The van der Waals surface area contributed by atoms with Gasteiger partial charge >= 0.3 is 0 Å². The SMILES string of the molecule is O=C(c1cc(Br)ccc1Cl)C1CCC1. The van der Waals surface area contributed by atoms with Gasteiger partial charge in [-0.3, -0.25) is 4.79 Å². The lowest BCUT2D eigenvalue weighted by Gasteiger charge is -2.24. The zero-order valence-electron chi connectivity index (χ0n) is 7.59. The standard InChI is InChI=1S/C11H10BrClO/c12-8-4-5-10(13)9(6-8)11(14)7-2-1-3-7/h4-7H,1-3H2. The van der Waals surface area contributed by atoms with E-state index in [0.717, 1.165) is 17.3 Å². The van der Waals surface area contributed by atoms with Gasteiger partial charge in [0.1, 0.15) is 0 Å². The summed E-state index contributed by atoms with van der Waals surface area (Å²) in [5.41, 5.74) is 0.658. The zero-order valence-corrected chi connectivity index (χ0v) is 9.94. The van der Waals surface area contributed by atoms with Gasteiger partial charge in [-0.05, 0) is 31.0 Å². The van der Waals surface area contributed by atoms with Gasteiger partial charge in [0, 0.05) is 16.0 Å². The smallest absolute Gasteiger partial charge is 0.167 e. The minimum atomic E-state index is 0.197. The van der Waals surface area contributed by atoms with Crippen LogP contribution in [0.1, 0.15) is 29.6 Å². The molecule has 1 saturated carbocycles. The Kier molecular flexibility index (Phi) is 2.93. The molecule has 74 valence electrons. The van der Waals surface area contributed by atoms with E-state index in [4.69, 9.17) is 11.6 Å². The van der Waals surface area contributed by atoms with Crippen LogP contribution < -0.4 is 0 Å². The summed E-state index contributed by atoms with van der Waals surface area (Å²) in [4.78, 5) is 11.9. The Labute approximate surface area is 96.6 Å². The summed E-state index contributed by atoms with van der Waals surface area (Å²) in [5.74, 6) is 0.407. The van der Waals surface area contributed by atoms with Crippen LogP contribution in [0.4, 0.5) is 0 Å². The summed E-state index contributed by atoms with van der Waals surface area (Å²) in [6.07, 6.45) is 3.20. The van der Waals surface area contributed by atoms with Crippen LogP contribution in [-0.4, -0.2) is 5.78 Å². The van der Waals surface area contributed by atoms with Crippen molar-refractivity contribution in [2.24, 2.45) is 5.92 Å². The molecule has 0 unspecified atom stereocenters. The first-order valence-corrected chi connectivity index (χ1v) is 5.85. The van der Waals surface area contributed by atoms with Crippen molar-refractivity contribution in [3.8, 4) is 0 Å². The lowest BCUT2D eigenvalue weighted by molar-refractivity contribution is 0.0855. The van der Waals surface area contributed by atoms with Crippen LogP contribution in [0.5, 0.6) is 0 Å². The number of benzene rings is 1. The Morgan fingerprint density at radius 1 is 1.43 bits per heavy atom. The summed E-state index contributed by atoms with van der Waals surface area (Å²) in [6, 6.07) is 5.42. The first-order chi connectivity index (χ1) is 6.68. The van der Waals surface area contributed by atoms with E-state index in [9.17, 15) is 4.79 Å². The van der Waals surface area contributed by atoms with Crippen LogP contribution in [-0.2, 0) is 0 Å². The highest BCUT2D eigenvalue weighted by Crippen LogP contribution is 2.32. The molecule has 1 nitrogen and oxygen atoms in total. The van der Waals surface area contributed by atoms with E-state index in [0.29, 0.717) is 10.6 Å². The van der Waals surface area contributed by atoms with Crippen molar-refractivity contribution in [1.29, 1.82) is 0 Å².